The Hall–Kier alpha value is -1.96. The number of benzene rings is 1. The van der Waals surface area contributed by atoms with Crippen LogP contribution in [0.3, 0.4) is 0 Å². The molecule has 0 aromatic heterocycles. The first kappa shape index (κ1) is 18.4. The molecule has 1 heterocycles. The topological polar surface area (TPSA) is 61.8 Å². The molecule has 1 aliphatic heterocycles. The molecule has 0 bridgehead atoms. The highest BCUT2D eigenvalue weighted by Crippen LogP contribution is 2.34. The number of aliphatic hydroxyl groups excluding tert-OH is 1. The first-order valence-electron chi connectivity index (χ1n) is 7.73. The third kappa shape index (κ3) is 4.53. The molecule has 1 aromatic carbocycles. The number of nitrogens with one attached hydrogen (secondary N) is 1. The summed E-state index contributed by atoms with van der Waals surface area (Å²) in [5, 5.41) is 11.7. The van der Waals surface area contributed by atoms with Crippen molar-refractivity contribution in [3.8, 4) is 5.75 Å². The summed E-state index contributed by atoms with van der Waals surface area (Å²) in [6.45, 7) is 0.729. The Bertz CT molecular complexity index is 578. The third-order valence-corrected chi connectivity index (χ3v) is 4.12. The molecular weight excluding hydrogens is 325 g/mol. The molecule has 1 aliphatic rings. The fourth-order valence-electron chi connectivity index (χ4n) is 2.78. The Morgan fingerprint density at radius 1 is 1.46 bits per heavy atom. The van der Waals surface area contributed by atoms with Gasteiger partial charge in [-0.2, -0.15) is 13.2 Å². The van der Waals surface area contributed by atoms with Crippen LogP contribution in [0.1, 0.15) is 24.0 Å². The minimum Gasteiger partial charge on any atom is -0.497 e. The average molecular weight is 346 g/mol. The van der Waals surface area contributed by atoms with Crippen molar-refractivity contribution in [2.24, 2.45) is 5.92 Å². The Kier molecular flexibility index (Phi) is 5.93. The zero-order chi connectivity index (χ0) is 17.7. The van der Waals surface area contributed by atoms with Gasteiger partial charge in [0.15, 0.2) is 0 Å². The van der Waals surface area contributed by atoms with E-state index in [1.54, 1.807) is 0 Å². The van der Waals surface area contributed by atoms with E-state index in [1.165, 1.54) is 24.1 Å². The van der Waals surface area contributed by atoms with Crippen molar-refractivity contribution in [1.29, 1.82) is 0 Å². The summed E-state index contributed by atoms with van der Waals surface area (Å²) in [7, 11) is 1.30. The molecule has 2 amide bonds. The number of methoxy groups -OCH3 is 1. The maximum atomic E-state index is 13.1. The highest BCUT2D eigenvalue weighted by atomic mass is 19.4. The van der Waals surface area contributed by atoms with Crippen LogP contribution >= 0.6 is 0 Å². The van der Waals surface area contributed by atoms with Gasteiger partial charge in [0.2, 0.25) is 0 Å². The van der Waals surface area contributed by atoms with E-state index >= 15 is 0 Å². The number of alkyl halides is 3. The summed E-state index contributed by atoms with van der Waals surface area (Å²) >= 11 is 0. The molecule has 1 aromatic rings. The molecule has 134 valence electrons. The minimum absolute atomic E-state index is 0.000478. The predicted molar refractivity (Wildman–Crippen MR) is 81.6 cm³/mol. The van der Waals surface area contributed by atoms with E-state index in [9.17, 15) is 23.1 Å². The lowest BCUT2D eigenvalue weighted by atomic mass is 9.99. The smallest absolute Gasteiger partial charge is 0.416 e. The van der Waals surface area contributed by atoms with Crippen LogP contribution in [0, 0.1) is 5.92 Å². The number of halogens is 3. The van der Waals surface area contributed by atoms with Gasteiger partial charge in [0.05, 0.1) is 12.7 Å². The van der Waals surface area contributed by atoms with E-state index in [-0.39, 0.29) is 30.4 Å². The standard InChI is InChI=1S/C16H21F3N2O3/c1-24-13-5-4-12(14(7-13)16(17,18)19)8-20-15(23)21-6-2-3-11(9-21)10-22/h4-5,7,11,22H,2-3,6,8-10H2,1H3,(H,20,23). The van der Waals surface area contributed by atoms with Crippen molar-refractivity contribution in [2.45, 2.75) is 25.6 Å². The highest BCUT2D eigenvalue weighted by Gasteiger charge is 2.34. The average Bonchev–Trinajstić information content (AvgIpc) is 2.58. The molecule has 0 saturated carbocycles. The zero-order valence-electron chi connectivity index (χ0n) is 13.4. The van der Waals surface area contributed by atoms with Crippen molar-refractivity contribution in [3.05, 3.63) is 29.3 Å². The van der Waals surface area contributed by atoms with E-state index in [2.05, 4.69) is 5.32 Å². The van der Waals surface area contributed by atoms with Gasteiger partial charge in [-0.25, -0.2) is 4.79 Å². The van der Waals surface area contributed by atoms with Crippen LogP contribution in [0.2, 0.25) is 0 Å². The van der Waals surface area contributed by atoms with Crippen molar-refractivity contribution in [2.75, 3.05) is 26.8 Å². The Balaban J connectivity index is 2.04. The first-order valence-corrected chi connectivity index (χ1v) is 7.73. The fourth-order valence-corrected chi connectivity index (χ4v) is 2.78. The number of hydrogen-bond donors (Lipinski definition) is 2. The number of hydrogen-bond acceptors (Lipinski definition) is 3. The summed E-state index contributed by atoms with van der Waals surface area (Å²) in [6.07, 6.45) is -2.91. The van der Waals surface area contributed by atoms with Gasteiger partial charge >= 0.3 is 12.2 Å². The summed E-state index contributed by atoms with van der Waals surface area (Å²) in [4.78, 5) is 13.7. The SMILES string of the molecule is COc1ccc(CNC(=O)N2CCCC(CO)C2)c(C(F)(F)F)c1. The number of aliphatic hydroxyl groups is 1. The lowest BCUT2D eigenvalue weighted by molar-refractivity contribution is -0.138. The Morgan fingerprint density at radius 3 is 2.83 bits per heavy atom. The normalized spacial score (nSPS) is 18.4. The van der Waals surface area contributed by atoms with Crippen LogP contribution in [-0.2, 0) is 12.7 Å². The molecule has 1 unspecified atom stereocenters. The number of urea groups is 1. The molecule has 1 fully saturated rings. The van der Waals surface area contributed by atoms with Gasteiger partial charge in [0.25, 0.3) is 0 Å². The number of carbonyl (C=O) groups excluding carboxylic acids is 1. The number of nitrogens with zero attached hydrogens (tertiary/aromatic N) is 1. The second kappa shape index (κ2) is 7.74. The number of rotatable bonds is 4. The van der Waals surface area contributed by atoms with Crippen molar-refractivity contribution < 1.29 is 27.8 Å². The van der Waals surface area contributed by atoms with Crippen LogP contribution in [0.15, 0.2) is 18.2 Å². The maximum Gasteiger partial charge on any atom is 0.416 e. The second-order valence-corrected chi connectivity index (χ2v) is 5.82. The lowest BCUT2D eigenvalue weighted by Crippen LogP contribution is -2.46. The number of amides is 2. The van der Waals surface area contributed by atoms with E-state index < -0.39 is 17.8 Å². The van der Waals surface area contributed by atoms with Crippen molar-refractivity contribution >= 4 is 6.03 Å². The summed E-state index contributed by atoms with van der Waals surface area (Å²) in [5.74, 6) is 0.135. The molecule has 0 aliphatic carbocycles. The van der Waals surface area contributed by atoms with E-state index in [4.69, 9.17) is 4.74 Å². The van der Waals surface area contributed by atoms with Crippen molar-refractivity contribution in [1.82, 2.24) is 10.2 Å². The molecule has 2 rings (SSSR count). The Labute approximate surface area is 138 Å². The molecule has 8 heteroatoms. The third-order valence-electron chi connectivity index (χ3n) is 4.12. The van der Waals surface area contributed by atoms with E-state index in [0.717, 1.165) is 18.9 Å². The number of likely N-dealkylation sites (tertiary alicyclic amines) is 1. The summed E-state index contributed by atoms with van der Waals surface area (Å²) in [5.41, 5.74) is -0.846. The van der Waals surface area contributed by atoms with Gasteiger partial charge in [0, 0.05) is 26.2 Å². The Morgan fingerprint density at radius 2 is 2.21 bits per heavy atom. The summed E-state index contributed by atoms with van der Waals surface area (Å²) in [6, 6.07) is 3.23. The maximum absolute atomic E-state index is 13.1. The van der Waals surface area contributed by atoms with Gasteiger partial charge in [0.1, 0.15) is 5.75 Å². The molecular formula is C16H21F3N2O3. The fraction of sp³-hybridized carbons (Fsp3) is 0.562. The molecule has 0 radical (unpaired) electrons. The molecule has 2 N–H and O–H groups in total. The van der Waals surface area contributed by atoms with Gasteiger partial charge in [-0.15, -0.1) is 0 Å². The predicted octanol–water partition coefficient (Wildman–Crippen LogP) is 2.63. The van der Waals surface area contributed by atoms with Crippen LogP contribution in [-0.4, -0.2) is 42.8 Å². The molecule has 1 saturated heterocycles. The molecule has 24 heavy (non-hydrogen) atoms. The van der Waals surface area contributed by atoms with Crippen LogP contribution < -0.4 is 10.1 Å². The van der Waals surface area contributed by atoms with Gasteiger partial charge in [-0.05, 0) is 36.5 Å². The monoisotopic (exact) mass is 346 g/mol. The highest BCUT2D eigenvalue weighted by molar-refractivity contribution is 5.74. The van der Waals surface area contributed by atoms with Crippen molar-refractivity contribution in [3.63, 3.8) is 0 Å². The molecule has 1 atom stereocenters. The second-order valence-electron chi connectivity index (χ2n) is 5.82. The van der Waals surface area contributed by atoms with E-state index in [1.807, 2.05) is 0 Å². The van der Waals surface area contributed by atoms with Gasteiger partial charge < -0.3 is 20.1 Å². The van der Waals surface area contributed by atoms with Gasteiger partial charge in [-0.3, -0.25) is 0 Å². The van der Waals surface area contributed by atoms with Crippen LogP contribution in [0.25, 0.3) is 0 Å². The van der Waals surface area contributed by atoms with Crippen LogP contribution in [0.5, 0.6) is 5.75 Å². The number of ether oxygens (including phenoxy) is 1. The summed E-state index contributed by atoms with van der Waals surface area (Å²) < 4.78 is 44.2. The number of piperidine rings is 1. The lowest BCUT2D eigenvalue weighted by Gasteiger charge is -2.32. The largest absolute Gasteiger partial charge is 0.497 e. The zero-order valence-corrected chi connectivity index (χ0v) is 13.4. The quantitative estimate of drug-likeness (QED) is 0.881. The molecule has 0 spiro atoms. The number of carbonyl (C=O) groups is 1. The van der Waals surface area contributed by atoms with Gasteiger partial charge in [-0.1, -0.05) is 6.07 Å². The van der Waals surface area contributed by atoms with E-state index in [0.29, 0.717) is 13.1 Å². The molecule has 5 nitrogen and oxygen atoms in total. The first-order chi connectivity index (χ1) is 11.3. The van der Waals surface area contributed by atoms with Crippen LogP contribution in [0.4, 0.5) is 18.0 Å². The minimum atomic E-state index is -4.53.